The minimum absolute atomic E-state index is 0.0115. The molecule has 1 aromatic rings. The minimum Gasteiger partial charge on any atom is -0.493 e. The lowest BCUT2D eigenvalue weighted by Gasteiger charge is -2.30. The Kier molecular flexibility index (Phi) is 8.49. The summed E-state index contributed by atoms with van der Waals surface area (Å²) in [5, 5.41) is 2.89. The number of ether oxygens (including phenoxy) is 2. The fraction of sp³-hybridized carbons (Fsp3) is 0.636. The summed E-state index contributed by atoms with van der Waals surface area (Å²) in [7, 11) is 4.99. The molecule has 0 spiro atoms. The highest BCUT2D eigenvalue weighted by molar-refractivity contribution is 5.85. The highest BCUT2D eigenvalue weighted by Crippen LogP contribution is 2.27. The number of rotatable bonds is 8. The third-order valence-electron chi connectivity index (χ3n) is 5.29. The van der Waals surface area contributed by atoms with Gasteiger partial charge in [0, 0.05) is 18.2 Å². The Morgan fingerprint density at radius 1 is 1.03 bits per heavy atom. The second-order valence-corrected chi connectivity index (χ2v) is 9.09. The van der Waals surface area contributed by atoms with Crippen molar-refractivity contribution in [2.45, 2.75) is 32.9 Å². The Balaban J connectivity index is 1.77. The second-order valence-electron chi connectivity index (χ2n) is 9.09. The van der Waals surface area contributed by atoms with Crippen molar-refractivity contribution in [3.8, 4) is 11.5 Å². The van der Waals surface area contributed by atoms with Crippen LogP contribution in [0.25, 0.3) is 0 Å². The second kappa shape index (κ2) is 10.6. The molecule has 0 saturated carbocycles. The van der Waals surface area contributed by atoms with E-state index in [1.807, 2.05) is 32.9 Å². The summed E-state index contributed by atoms with van der Waals surface area (Å²) in [4.78, 5) is 28.8. The lowest BCUT2D eigenvalue weighted by molar-refractivity contribution is -1.02. The Morgan fingerprint density at radius 3 is 2.20 bits per heavy atom. The number of hydrogen-bond donors (Lipinski definition) is 3. The van der Waals surface area contributed by atoms with Gasteiger partial charge in [0.15, 0.2) is 18.0 Å². The molecule has 1 heterocycles. The first-order valence-corrected chi connectivity index (χ1v) is 10.5. The van der Waals surface area contributed by atoms with Crippen LogP contribution in [0.3, 0.4) is 0 Å². The van der Waals surface area contributed by atoms with Gasteiger partial charge < -0.3 is 29.5 Å². The molecule has 0 bridgehead atoms. The predicted molar refractivity (Wildman–Crippen MR) is 115 cm³/mol. The molecule has 0 aliphatic carbocycles. The Hall–Kier alpha value is -2.32. The molecular weight excluding hydrogens is 384 g/mol. The van der Waals surface area contributed by atoms with Crippen LogP contribution in [-0.4, -0.2) is 82.8 Å². The Labute approximate surface area is 180 Å². The third kappa shape index (κ3) is 7.50. The van der Waals surface area contributed by atoms with Crippen molar-refractivity contribution >= 4 is 11.8 Å². The highest BCUT2D eigenvalue weighted by Gasteiger charge is 2.27. The smallest absolute Gasteiger partial charge is 0.277 e. The van der Waals surface area contributed by atoms with Crippen molar-refractivity contribution in [2.75, 3.05) is 60.5 Å². The van der Waals surface area contributed by atoms with Gasteiger partial charge in [0.1, 0.15) is 32.7 Å². The Bertz CT molecular complexity index is 724. The van der Waals surface area contributed by atoms with Crippen molar-refractivity contribution in [3.63, 3.8) is 0 Å². The minimum atomic E-state index is -0.292. The molecule has 1 aliphatic heterocycles. The molecule has 1 saturated heterocycles. The first kappa shape index (κ1) is 24.0. The summed E-state index contributed by atoms with van der Waals surface area (Å²) in [6.45, 7) is 11.1. The van der Waals surface area contributed by atoms with Crippen LogP contribution in [0.5, 0.6) is 11.5 Å². The first-order chi connectivity index (χ1) is 14.1. The van der Waals surface area contributed by atoms with Crippen LogP contribution in [0.1, 0.15) is 26.3 Å². The highest BCUT2D eigenvalue weighted by atomic mass is 16.5. The maximum atomic E-state index is 12.5. The van der Waals surface area contributed by atoms with Crippen LogP contribution >= 0.6 is 0 Å². The predicted octanol–water partition coefficient (Wildman–Crippen LogP) is -1.64. The molecule has 8 heteroatoms. The number of hydrogen-bond acceptors (Lipinski definition) is 4. The van der Waals surface area contributed by atoms with Crippen LogP contribution in [-0.2, 0) is 16.1 Å². The zero-order chi connectivity index (χ0) is 22.3. The molecule has 8 nitrogen and oxygen atoms in total. The quantitative estimate of drug-likeness (QED) is 0.470. The average Bonchev–Trinajstić information content (AvgIpc) is 2.67. The van der Waals surface area contributed by atoms with E-state index in [0.717, 1.165) is 44.2 Å². The number of nitrogens with zero attached hydrogens (tertiary/aromatic N) is 1. The van der Waals surface area contributed by atoms with E-state index in [1.54, 1.807) is 21.3 Å². The van der Waals surface area contributed by atoms with Gasteiger partial charge in [0.2, 0.25) is 5.91 Å². The number of benzene rings is 1. The number of amides is 2. The number of methoxy groups -OCH3 is 2. The van der Waals surface area contributed by atoms with Gasteiger partial charge in [-0.2, -0.15) is 0 Å². The molecular formula is C22H38N4O4+2. The van der Waals surface area contributed by atoms with E-state index in [1.165, 1.54) is 20.3 Å². The fourth-order valence-electron chi connectivity index (χ4n) is 3.70. The summed E-state index contributed by atoms with van der Waals surface area (Å²) in [5.41, 5.74) is 0.922. The van der Waals surface area contributed by atoms with Gasteiger partial charge in [-0.25, -0.2) is 0 Å². The fourth-order valence-corrected chi connectivity index (χ4v) is 3.70. The molecule has 3 N–H and O–H groups in total. The van der Waals surface area contributed by atoms with Crippen LogP contribution in [0.2, 0.25) is 0 Å². The van der Waals surface area contributed by atoms with Crippen molar-refractivity contribution in [1.29, 1.82) is 0 Å². The monoisotopic (exact) mass is 422 g/mol. The van der Waals surface area contributed by atoms with E-state index >= 15 is 0 Å². The summed E-state index contributed by atoms with van der Waals surface area (Å²) in [6.07, 6.45) is 0. The summed E-state index contributed by atoms with van der Waals surface area (Å²) >= 11 is 0. The van der Waals surface area contributed by atoms with Gasteiger partial charge in [-0.05, 0) is 39.0 Å². The van der Waals surface area contributed by atoms with E-state index in [0.29, 0.717) is 6.54 Å². The van der Waals surface area contributed by atoms with Crippen LogP contribution in [0.4, 0.5) is 0 Å². The normalized spacial score (nSPS) is 19.1. The van der Waals surface area contributed by atoms with Gasteiger partial charge in [0.05, 0.1) is 20.8 Å². The number of likely N-dealkylation sites (N-methyl/N-ethyl adjacent to an activating group) is 1. The molecule has 1 aromatic carbocycles. The molecule has 1 fully saturated rings. The SMILES string of the molecule is COc1ccc(C[NH+]2CC[NH+](CC(=O)N(C)CC(=O)NC(C)(C)C)CC2)cc1OC. The van der Waals surface area contributed by atoms with E-state index in [2.05, 4.69) is 11.4 Å². The lowest BCUT2D eigenvalue weighted by Crippen LogP contribution is -3.28. The summed E-state index contributed by atoms with van der Waals surface area (Å²) < 4.78 is 10.7. The van der Waals surface area contributed by atoms with Gasteiger partial charge in [-0.15, -0.1) is 0 Å². The number of nitrogens with one attached hydrogen (secondary N) is 3. The zero-order valence-corrected chi connectivity index (χ0v) is 19.3. The Morgan fingerprint density at radius 2 is 1.63 bits per heavy atom. The van der Waals surface area contributed by atoms with Gasteiger partial charge in [0.25, 0.3) is 5.91 Å². The maximum Gasteiger partial charge on any atom is 0.277 e. The van der Waals surface area contributed by atoms with E-state index in [9.17, 15) is 9.59 Å². The van der Waals surface area contributed by atoms with E-state index in [-0.39, 0.29) is 23.9 Å². The van der Waals surface area contributed by atoms with Gasteiger partial charge >= 0.3 is 0 Å². The molecule has 1 aliphatic rings. The van der Waals surface area contributed by atoms with Gasteiger partial charge in [-0.3, -0.25) is 9.59 Å². The van der Waals surface area contributed by atoms with E-state index in [4.69, 9.17) is 9.47 Å². The van der Waals surface area contributed by atoms with Crippen molar-refractivity contribution in [3.05, 3.63) is 23.8 Å². The summed E-state index contributed by atoms with van der Waals surface area (Å²) in [6, 6.07) is 6.06. The topological polar surface area (TPSA) is 76.8 Å². The third-order valence-corrected chi connectivity index (χ3v) is 5.29. The number of carbonyl (C=O) groups is 2. The maximum absolute atomic E-state index is 12.5. The van der Waals surface area contributed by atoms with Crippen molar-refractivity contribution in [1.82, 2.24) is 10.2 Å². The molecule has 0 unspecified atom stereocenters. The molecule has 30 heavy (non-hydrogen) atoms. The lowest BCUT2D eigenvalue weighted by atomic mass is 10.1. The van der Waals surface area contributed by atoms with Gasteiger partial charge in [-0.1, -0.05) is 0 Å². The molecule has 0 atom stereocenters. The van der Waals surface area contributed by atoms with Crippen LogP contribution in [0.15, 0.2) is 18.2 Å². The molecule has 0 radical (unpaired) electrons. The van der Waals surface area contributed by atoms with Crippen LogP contribution in [0, 0.1) is 0 Å². The number of quaternary nitrogens is 2. The molecule has 0 aromatic heterocycles. The average molecular weight is 423 g/mol. The zero-order valence-electron chi connectivity index (χ0n) is 19.3. The number of piperazine rings is 1. The van der Waals surface area contributed by atoms with Crippen LogP contribution < -0.4 is 24.6 Å². The largest absolute Gasteiger partial charge is 0.493 e. The molecule has 2 amide bonds. The summed E-state index contributed by atoms with van der Waals surface area (Å²) in [5.74, 6) is 1.38. The first-order valence-electron chi connectivity index (χ1n) is 10.5. The number of carbonyl (C=O) groups excluding carboxylic acids is 2. The standard InChI is InChI=1S/C22H36N4O4/c1-22(2,3)23-20(27)15-24(4)21(28)16-26-11-9-25(10-12-26)14-17-7-8-18(29-5)19(13-17)30-6/h7-8,13H,9-12,14-16H2,1-6H3,(H,23,27)/p+2. The molecule has 168 valence electrons. The van der Waals surface area contributed by atoms with Crippen molar-refractivity contribution in [2.24, 2.45) is 0 Å². The van der Waals surface area contributed by atoms with E-state index < -0.39 is 0 Å². The molecule has 2 rings (SSSR count). The van der Waals surface area contributed by atoms with Crippen molar-refractivity contribution < 1.29 is 28.9 Å².